The van der Waals surface area contributed by atoms with Crippen molar-refractivity contribution in [2.75, 3.05) is 18.5 Å². The van der Waals surface area contributed by atoms with E-state index >= 15 is 0 Å². The van der Waals surface area contributed by atoms with Gasteiger partial charge in [0.25, 0.3) is 0 Å². The molecule has 4 rings (SSSR count). The van der Waals surface area contributed by atoms with E-state index in [1.165, 1.54) is 6.20 Å². The molecule has 1 aliphatic carbocycles. The van der Waals surface area contributed by atoms with Gasteiger partial charge in [-0.05, 0) is 40.3 Å². The van der Waals surface area contributed by atoms with Crippen LogP contribution >= 0.6 is 0 Å². The highest BCUT2D eigenvalue weighted by Gasteiger charge is 2.30. The summed E-state index contributed by atoms with van der Waals surface area (Å²) in [5.41, 5.74) is 5.37. The molecule has 3 amide bonds. The molecule has 0 fully saturated rings. The van der Waals surface area contributed by atoms with Crippen molar-refractivity contribution in [2.45, 2.75) is 32.4 Å². The average Bonchev–Trinajstić information content (AvgIpc) is 3.23. The first-order valence-corrected chi connectivity index (χ1v) is 12.1. The van der Waals surface area contributed by atoms with Crippen molar-refractivity contribution in [3.63, 3.8) is 0 Å². The molecule has 0 saturated heterocycles. The molecule has 9 nitrogen and oxygen atoms in total. The number of carbonyl (C=O) groups excluding carboxylic acids is 3. The lowest BCUT2D eigenvalue weighted by Crippen LogP contribution is -2.51. The summed E-state index contributed by atoms with van der Waals surface area (Å²) in [6, 6.07) is 18.4. The van der Waals surface area contributed by atoms with Gasteiger partial charge in [-0.3, -0.25) is 14.6 Å². The Bertz CT molecular complexity index is 1230. The number of carbonyl (C=O) groups is 3. The second-order valence-electron chi connectivity index (χ2n) is 9.15. The molecule has 9 heteroatoms. The number of nitrogens with zero attached hydrogens (tertiary/aromatic N) is 1. The Morgan fingerprint density at radius 1 is 0.973 bits per heavy atom. The number of ether oxygens (including phenoxy) is 1. The van der Waals surface area contributed by atoms with Crippen LogP contribution in [0.2, 0.25) is 0 Å². The highest BCUT2D eigenvalue weighted by atomic mass is 16.5. The zero-order valence-electron chi connectivity index (χ0n) is 20.7. The second-order valence-corrected chi connectivity index (χ2v) is 9.15. The standard InChI is InChI=1S/C28H30N4O5/c1-17(2)26(27(35)30-14-25(34)31-18-11-12-19(15-33)29-13-18)32-28(36)37-16-24-22-9-5-3-7-20(22)21-8-4-6-10-23(21)24/h3-13,17,24,26,33H,14-16H2,1-2H3,(H,30,35)(H,31,34)(H,32,36). The van der Waals surface area contributed by atoms with Crippen molar-refractivity contribution < 1.29 is 24.2 Å². The minimum Gasteiger partial charge on any atom is -0.449 e. The van der Waals surface area contributed by atoms with E-state index < -0.39 is 23.9 Å². The summed E-state index contributed by atoms with van der Waals surface area (Å²) in [4.78, 5) is 41.6. The predicted octanol–water partition coefficient (Wildman–Crippen LogP) is 3.19. The number of nitrogens with one attached hydrogen (secondary N) is 3. The number of aliphatic hydroxyl groups is 1. The van der Waals surface area contributed by atoms with Gasteiger partial charge in [0.1, 0.15) is 12.6 Å². The van der Waals surface area contributed by atoms with E-state index in [1.54, 1.807) is 26.0 Å². The summed E-state index contributed by atoms with van der Waals surface area (Å²) in [5.74, 6) is -1.27. The van der Waals surface area contributed by atoms with Gasteiger partial charge in [-0.25, -0.2) is 4.79 Å². The molecule has 2 aromatic carbocycles. The molecule has 1 atom stereocenters. The predicted molar refractivity (Wildman–Crippen MR) is 139 cm³/mol. The fraction of sp³-hybridized carbons (Fsp3) is 0.286. The fourth-order valence-corrected chi connectivity index (χ4v) is 4.38. The molecule has 1 aliphatic rings. The van der Waals surface area contributed by atoms with E-state index in [1.807, 2.05) is 36.4 Å². The zero-order chi connectivity index (χ0) is 26.4. The van der Waals surface area contributed by atoms with E-state index in [0.717, 1.165) is 22.3 Å². The van der Waals surface area contributed by atoms with Crippen LogP contribution in [0.4, 0.5) is 10.5 Å². The third-order valence-electron chi connectivity index (χ3n) is 6.26. The molecule has 0 aliphatic heterocycles. The Kier molecular flexibility index (Phi) is 8.15. The minimum absolute atomic E-state index is 0.0888. The first kappa shape index (κ1) is 25.8. The lowest BCUT2D eigenvalue weighted by atomic mass is 9.98. The number of hydrogen-bond acceptors (Lipinski definition) is 6. The Labute approximate surface area is 215 Å². The molecule has 192 valence electrons. The molecule has 0 saturated carbocycles. The van der Waals surface area contributed by atoms with Gasteiger partial charge in [-0.2, -0.15) is 0 Å². The van der Waals surface area contributed by atoms with Crippen LogP contribution in [0.15, 0.2) is 66.9 Å². The number of benzene rings is 2. The van der Waals surface area contributed by atoms with Gasteiger partial charge in [-0.1, -0.05) is 62.4 Å². The summed E-state index contributed by atoms with van der Waals surface area (Å²) in [5, 5.41) is 16.9. The molecule has 0 radical (unpaired) electrons. The molecular formula is C28H30N4O5. The molecular weight excluding hydrogens is 472 g/mol. The Morgan fingerprint density at radius 2 is 1.62 bits per heavy atom. The van der Waals surface area contributed by atoms with Gasteiger partial charge in [-0.15, -0.1) is 0 Å². The number of pyridine rings is 1. The van der Waals surface area contributed by atoms with Crippen LogP contribution in [-0.2, 0) is 20.9 Å². The number of aromatic nitrogens is 1. The van der Waals surface area contributed by atoms with E-state index in [4.69, 9.17) is 9.84 Å². The first-order valence-electron chi connectivity index (χ1n) is 12.1. The topological polar surface area (TPSA) is 130 Å². The number of fused-ring (bicyclic) bond motifs is 3. The maximum Gasteiger partial charge on any atom is 0.407 e. The van der Waals surface area contributed by atoms with Crippen LogP contribution in [0.3, 0.4) is 0 Å². The molecule has 4 N–H and O–H groups in total. The van der Waals surface area contributed by atoms with Crippen LogP contribution in [0, 0.1) is 5.92 Å². The zero-order valence-corrected chi connectivity index (χ0v) is 20.7. The number of rotatable bonds is 9. The monoisotopic (exact) mass is 502 g/mol. The highest BCUT2D eigenvalue weighted by molar-refractivity contribution is 5.95. The molecule has 1 unspecified atom stereocenters. The van der Waals surface area contributed by atoms with Crippen LogP contribution < -0.4 is 16.0 Å². The molecule has 1 aromatic heterocycles. The first-order chi connectivity index (χ1) is 17.9. The lowest BCUT2D eigenvalue weighted by molar-refractivity contribution is -0.126. The quantitative estimate of drug-likeness (QED) is 0.356. The third-order valence-corrected chi connectivity index (χ3v) is 6.26. The largest absolute Gasteiger partial charge is 0.449 e. The van der Waals surface area contributed by atoms with Gasteiger partial charge in [0, 0.05) is 5.92 Å². The second kappa shape index (κ2) is 11.7. The highest BCUT2D eigenvalue weighted by Crippen LogP contribution is 2.44. The summed E-state index contributed by atoms with van der Waals surface area (Å²) in [6.45, 7) is 3.25. The maximum atomic E-state index is 12.7. The van der Waals surface area contributed by atoms with Crippen molar-refractivity contribution in [2.24, 2.45) is 5.92 Å². The van der Waals surface area contributed by atoms with Gasteiger partial charge >= 0.3 is 6.09 Å². The van der Waals surface area contributed by atoms with Crippen molar-refractivity contribution in [1.29, 1.82) is 0 Å². The van der Waals surface area contributed by atoms with Gasteiger partial charge in [0.2, 0.25) is 11.8 Å². The lowest BCUT2D eigenvalue weighted by Gasteiger charge is -2.22. The fourth-order valence-electron chi connectivity index (χ4n) is 4.38. The Hall–Kier alpha value is -4.24. The normalized spacial score (nSPS) is 12.9. The molecule has 0 spiro atoms. The number of aliphatic hydroxyl groups excluding tert-OH is 1. The van der Waals surface area contributed by atoms with Crippen LogP contribution in [0.25, 0.3) is 11.1 Å². The van der Waals surface area contributed by atoms with Gasteiger partial charge < -0.3 is 25.8 Å². The van der Waals surface area contributed by atoms with Crippen LogP contribution in [0.5, 0.6) is 0 Å². The van der Waals surface area contributed by atoms with Crippen LogP contribution in [-0.4, -0.2) is 47.2 Å². The van der Waals surface area contributed by atoms with E-state index in [-0.39, 0.29) is 31.6 Å². The SMILES string of the molecule is CC(C)C(NC(=O)OCC1c2ccccc2-c2ccccc21)C(=O)NCC(=O)Nc1ccc(CO)nc1. The molecule has 0 bridgehead atoms. The van der Waals surface area contributed by atoms with Crippen molar-refractivity contribution in [1.82, 2.24) is 15.6 Å². The summed E-state index contributed by atoms with van der Waals surface area (Å²) < 4.78 is 5.56. The number of anilines is 1. The van der Waals surface area contributed by atoms with Gasteiger partial charge in [0.05, 0.1) is 30.7 Å². The number of hydrogen-bond donors (Lipinski definition) is 4. The summed E-state index contributed by atoms with van der Waals surface area (Å²) in [6.07, 6.45) is 0.719. The van der Waals surface area contributed by atoms with Crippen LogP contribution in [0.1, 0.15) is 36.6 Å². The molecule has 37 heavy (non-hydrogen) atoms. The number of alkyl carbamates (subject to hydrolysis) is 1. The van der Waals surface area contributed by atoms with E-state index in [2.05, 4.69) is 33.1 Å². The summed E-state index contributed by atoms with van der Waals surface area (Å²) >= 11 is 0. The van der Waals surface area contributed by atoms with Crippen molar-refractivity contribution in [3.8, 4) is 11.1 Å². The minimum atomic E-state index is -0.881. The van der Waals surface area contributed by atoms with E-state index in [9.17, 15) is 14.4 Å². The Morgan fingerprint density at radius 3 is 2.19 bits per heavy atom. The third kappa shape index (κ3) is 6.13. The molecule has 3 aromatic rings. The van der Waals surface area contributed by atoms with Gasteiger partial charge in [0.15, 0.2) is 0 Å². The molecule has 1 heterocycles. The van der Waals surface area contributed by atoms with E-state index in [0.29, 0.717) is 11.4 Å². The van der Waals surface area contributed by atoms with Crippen molar-refractivity contribution >= 4 is 23.6 Å². The maximum absolute atomic E-state index is 12.7. The summed E-state index contributed by atoms with van der Waals surface area (Å²) in [7, 11) is 0. The average molecular weight is 503 g/mol. The number of amides is 3. The van der Waals surface area contributed by atoms with Crippen molar-refractivity contribution in [3.05, 3.63) is 83.7 Å². The smallest absolute Gasteiger partial charge is 0.407 e. The Balaban J connectivity index is 1.30.